The largest absolute Gasteiger partial charge is 0.494 e. The first-order valence-electron chi connectivity index (χ1n) is 8.56. The normalized spacial score (nSPS) is 11.2. The summed E-state index contributed by atoms with van der Waals surface area (Å²) in [5.74, 6) is -0.778. The van der Waals surface area contributed by atoms with Crippen molar-refractivity contribution < 1.29 is 23.9 Å². The number of carbonyl (C=O) groups excluding carboxylic acids is 3. The van der Waals surface area contributed by atoms with E-state index in [0.717, 1.165) is 6.42 Å². The number of nitrogens with one attached hydrogen (secondary N) is 2. The van der Waals surface area contributed by atoms with Crippen LogP contribution in [0.25, 0.3) is 0 Å². The summed E-state index contributed by atoms with van der Waals surface area (Å²) in [6.45, 7) is 2.58. The van der Waals surface area contributed by atoms with Crippen molar-refractivity contribution in [3.05, 3.63) is 65.7 Å². The van der Waals surface area contributed by atoms with Crippen molar-refractivity contribution in [3.63, 3.8) is 0 Å². The van der Waals surface area contributed by atoms with Crippen LogP contribution < -0.4 is 15.4 Å². The zero-order valence-corrected chi connectivity index (χ0v) is 15.2. The molecule has 7 nitrogen and oxygen atoms in total. The fourth-order valence-corrected chi connectivity index (χ4v) is 2.22. The Balaban J connectivity index is 2.15. The van der Waals surface area contributed by atoms with E-state index >= 15 is 0 Å². The lowest BCUT2D eigenvalue weighted by molar-refractivity contribution is -0.129. The number of ether oxygens (including phenoxy) is 2. The highest BCUT2D eigenvalue weighted by Gasteiger charge is 2.26. The summed E-state index contributed by atoms with van der Waals surface area (Å²) in [7, 11) is 1.38. The fraction of sp³-hybridized carbons (Fsp3) is 0.250. The molecule has 0 fully saturated rings. The first-order chi connectivity index (χ1) is 13.0. The third-order valence-electron chi connectivity index (χ3n) is 3.59. The number of carbonyl (C=O) groups is 3. The van der Waals surface area contributed by atoms with Gasteiger partial charge in [-0.25, -0.2) is 9.59 Å². The van der Waals surface area contributed by atoms with Gasteiger partial charge >= 0.3 is 12.0 Å². The molecule has 3 amide bonds. The van der Waals surface area contributed by atoms with Gasteiger partial charge in [-0.3, -0.25) is 10.1 Å². The molecule has 0 bridgehead atoms. The number of rotatable bonds is 7. The minimum absolute atomic E-state index is 0.271. The summed E-state index contributed by atoms with van der Waals surface area (Å²) in [6.07, 6.45) is -0.379. The van der Waals surface area contributed by atoms with Gasteiger partial charge in [-0.2, -0.15) is 0 Å². The van der Waals surface area contributed by atoms with Crippen LogP contribution in [-0.2, 0) is 9.53 Å². The van der Waals surface area contributed by atoms with Gasteiger partial charge in [0.25, 0.3) is 5.91 Å². The molecule has 142 valence electrons. The van der Waals surface area contributed by atoms with Crippen LogP contribution in [0.15, 0.2) is 54.6 Å². The Labute approximate surface area is 157 Å². The predicted molar refractivity (Wildman–Crippen MR) is 99.4 cm³/mol. The van der Waals surface area contributed by atoms with Gasteiger partial charge in [0, 0.05) is 12.6 Å². The van der Waals surface area contributed by atoms with Gasteiger partial charge in [-0.15, -0.1) is 0 Å². The molecule has 0 spiro atoms. The Hall–Kier alpha value is -3.35. The van der Waals surface area contributed by atoms with Crippen molar-refractivity contribution in [3.8, 4) is 5.75 Å². The van der Waals surface area contributed by atoms with Crippen LogP contribution in [0.1, 0.15) is 35.4 Å². The SMILES string of the molecule is CCCOc1ccc(C(=O)OC(C(=O)NC(=O)NC)c2ccccc2)cc1. The quantitative estimate of drug-likeness (QED) is 0.731. The molecule has 2 rings (SSSR count). The molecule has 0 saturated carbocycles. The van der Waals surface area contributed by atoms with Gasteiger partial charge in [0.2, 0.25) is 6.10 Å². The molecule has 27 heavy (non-hydrogen) atoms. The average Bonchev–Trinajstić information content (AvgIpc) is 2.71. The van der Waals surface area contributed by atoms with Crippen LogP contribution in [0.5, 0.6) is 5.75 Å². The van der Waals surface area contributed by atoms with Crippen LogP contribution in [0, 0.1) is 0 Å². The van der Waals surface area contributed by atoms with E-state index in [2.05, 4.69) is 10.6 Å². The summed E-state index contributed by atoms with van der Waals surface area (Å²) < 4.78 is 10.9. The van der Waals surface area contributed by atoms with Gasteiger partial charge in [0.1, 0.15) is 5.75 Å². The number of hydrogen-bond donors (Lipinski definition) is 2. The van der Waals surface area contributed by atoms with Crippen molar-refractivity contribution in [2.45, 2.75) is 19.4 Å². The molecule has 1 unspecified atom stereocenters. The average molecular weight is 370 g/mol. The Bertz CT molecular complexity index is 775. The van der Waals surface area contributed by atoms with Gasteiger partial charge in [-0.05, 0) is 30.7 Å². The zero-order valence-electron chi connectivity index (χ0n) is 15.2. The van der Waals surface area contributed by atoms with E-state index < -0.39 is 24.0 Å². The first kappa shape index (κ1) is 20.0. The van der Waals surface area contributed by atoms with E-state index in [1.807, 2.05) is 6.92 Å². The molecule has 0 aliphatic heterocycles. The molecule has 2 aromatic rings. The van der Waals surface area contributed by atoms with Gasteiger partial charge < -0.3 is 14.8 Å². The predicted octanol–water partition coefficient (Wildman–Crippen LogP) is 2.83. The molecule has 1 atom stereocenters. The standard InChI is InChI=1S/C20H22N2O5/c1-3-13-26-16-11-9-15(10-12-16)19(24)27-17(14-7-5-4-6-8-14)18(23)22-20(25)21-2/h4-12,17H,3,13H2,1-2H3,(H2,21,22,23,25). The highest BCUT2D eigenvalue weighted by atomic mass is 16.5. The maximum atomic E-state index is 12.5. The summed E-state index contributed by atoms with van der Waals surface area (Å²) in [4.78, 5) is 36.3. The second kappa shape index (κ2) is 9.96. The second-order valence-corrected chi connectivity index (χ2v) is 5.64. The minimum atomic E-state index is -1.26. The number of imide groups is 1. The summed E-state index contributed by atoms with van der Waals surface area (Å²) >= 11 is 0. The minimum Gasteiger partial charge on any atom is -0.494 e. The highest BCUT2D eigenvalue weighted by molar-refractivity contribution is 5.99. The maximum absolute atomic E-state index is 12.5. The van der Waals surface area contributed by atoms with E-state index in [9.17, 15) is 14.4 Å². The third kappa shape index (κ3) is 5.85. The molecule has 0 heterocycles. The lowest BCUT2D eigenvalue weighted by atomic mass is 10.1. The van der Waals surface area contributed by atoms with Crippen molar-refractivity contribution in [1.29, 1.82) is 0 Å². The topological polar surface area (TPSA) is 93.7 Å². The van der Waals surface area contributed by atoms with E-state index in [1.165, 1.54) is 7.05 Å². The fourth-order valence-electron chi connectivity index (χ4n) is 2.22. The zero-order chi connectivity index (χ0) is 19.6. The Morgan fingerprint density at radius 2 is 1.67 bits per heavy atom. The number of esters is 1. The summed E-state index contributed by atoms with van der Waals surface area (Å²) in [6, 6.07) is 14.2. The molecule has 0 aromatic heterocycles. The Morgan fingerprint density at radius 3 is 2.26 bits per heavy atom. The van der Waals surface area contributed by atoms with Crippen LogP contribution in [0.2, 0.25) is 0 Å². The molecule has 0 saturated heterocycles. The number of urea groups is 1. The molecule has 0 aliphatic rings. The number of benzene rings is 2. The lowest BCUT2D eigenvalue weighted by Crippen LogP contribution is -2.41. The molecular formula is C20H22N2O5. The van der Waals surface area contributed by atoms with Crippen molar-refractivity contribution in [1.82, 2.24) is 10.6 Å². The molecule has 2 N–H and O–H groups in total. The molecule has 0 aliphatic carbocycles. The highest BCUT2D eigenvalue weighted by Crippen LogP contribution is 2.21. The van der Waals surface area contributed by atoms with E-state index in [4.69, 9.17) is 9.47 Å². The van der Waals surface area contributed by atoms with Gasteiger partial charge in [0.05, 0.1) is 12.2 Å². The van der Waals surface area contributed by atoms with E-state index in [0.29, 0.717) is 17.9 Å². The monoisotopic (exact) mass is 370 g/mol. The Kier molecular flexibility index (Phi) is 7.37. The maximum Gasteiger partial charge on any atom is 0.339 e. The molecule has 0 radical (unpaired) electrons. The van der Waals surface area contributed by atoms with E-state index in [-0.39, 0.29) is 5.56 Å². The number of amides is 3. The van der Waals surface area contributed by atoms with Gasteiger partial charge in [-0.1, -0.05) is 37.3 Å². The summed E-state index contributed by atoms with van der Waals surface area (Å²) in [5, 5.41) is 4.42. The van der Waals surface area contributed by atoms with Gasteiger partial charge in [0.15, 0.2) is 0 Å². The summed E-state index contributed by atoms with van der Waals surface area (Å²) in [5.41, 5.74) is 0.725. The third-order valence-corrected chi connectivity index (χ3v) is 3.59. The van der Waals surface area contributed by atoms with E-state index in [1.54, 1.807) is 54.6 Å². The molecule has 2 aromatic carbocycles. The smallest absolute Gasteiger partial charge is 0.339 e. The number of hydrogen-bond acceptors (Lipinski definition) is 5. The van der Waals surface area contributed by atoms with Crippen molar-refractivity contribution in [2.24, 2.45) is 0 Å². The van der Waals surface area contributed by atoms with Crippen LogP contribution in [0.3, 0.4) is 0 Å². The van der Waals surface area contributed by atoms with Crippen molar-refractivity contribution >= 4 is 17.9 Å². The molecule has 7 heteroatoms. The van der Waals surface area contributed by atoms with Crippen molar-refractivity contribution in [2.75, 3.05) is 13.7 Å². The lowest BCUT2D eigenvalue weighted by Gasteiger charge is -2.17. The van der Waals surface area contributed by atoms with Crippen LogP contribution in [-0.4, -0.2) is 31.6 Å². The second-order valence-electron chi connectivity index (χ2n) is 5.64. The van der Waals surface area contributed by atoms with Crippen LogP contribution >= 0.6 is 0 Å². The Morgan fingerprint density at radius 1 is 1.00 bits per heavy atom. The molecular weight excluding hydrogens is 348 g/mol. The first-order valence-corrected chi connectivity index (χ1v) is 8.56. The van der Waals surface area contributed by atoms with Crippen LogP contribution in [0.4, 0.5) is 4.79 Å².